The highest BCUT2D eigenvalue weighted by Gasteiger charge is 2.35. The smallest absolute Gasteiger partial charge is 0.253 e. The second-order valence-corrected chi connectivity index (χ2v) is 7.36. The van der Waals surface area contributed by atoms with Crippen molar-refractivity contribution in [1.29, 1.82) is 0 Å². The van der Waals surface area contributed by atoms with E-state index in [1.807, 2.05) is 34.1 Å². The summed E-state index contributed by atoms with van der Waals surface area (Å²) in [6, 6.07) is 7.31. The van der Waals surface area contributed by atoms with Crippen LogP contribution in [0.5, 0.6) is 5.75 Å². The normalized spacial score (nSPS) is 23.2. The number of ether oxygens (including phenoxy) is 2. The zero-order valence-electron chi connectivity index (χ0n) is 15.1. The van der Waals surface area contributed by atoms with Gasteiger partial charge in [-0.15, -0.1) is 0 Å². The van der Waals surface area contributed by atoms with Gasteiger partial charge in [0, 0.05) is 44.3 Å². The molecule has 0 aromatic heterocycles. The Labute approximate surface area is 154 Å². The van der Waals surface area contributed by atoms with Gasteiger partial charge in [0.15, 0.2) is 0 Å². The molecule has 3 fully saturated rings. The zero-order valence-corrected chi connectivity index (χ0v) is 15.1. The molecular formula is C20H26N2O4. The molecule has 6 heteroatoms. The topological polar surface area (TPSA) is 59.1 Å². The summed E-state index contributed by atoms with van der Waals surface area (Å²) in [7, 11) is 0. The van der Waals surface area contributed by atoms with Gasteiger partial charge < -0.3 is 19.3 Å². The molecule has 2 amide bonds. The fourth-order valence-corrected chi connectivity index (χ4v) is 3.56. The van der Waals surface area contributed by atoms with Gasteiger partial charge in [0.25, 0.3) is 5.91 Å². The predicted octanol–water partition coefficient (Wildman–Crippen LogP) is 1.94. The van der Waals surface area contributed by atoms with Crippen LogP contribution in [0.3, 0.4) is 0 Å². The highest BCUT2D eigenvalue weighted by Crippen LogP contribution is 2.31. The molecule has 26 heavy (non-hydrogen) atoms. The zero-order chi connectivity index (χ0) is 17.9. The maximum Gasteiger partial charge on any atom is 0.253 e. The number of carbonyl (C=O) groups excluding carboxylic acids is 2. The monoisotopic (exact) mass is 358 g/mol. The van der Waals surface area contributed by atoms with Crippen molar-refractivity contribution in [2.75, 3.05) is 39.4 Å². The van der Waals surface area contributed by atoms with Crippen LogP contribution >= 0.6 is 0 Å². The largest absolute Gasteiger partial charge is 0.491 e. The van der Waals surface area contributed by atoms with E-state index in [-0.39, 0.29) is 23.8 Å². The van der Waals surface area contributed by atoms with Crippen LogP contribution in [-0.2, 0) is 9.53 Å². The van der Waals surface area contributed by atoms with Crippen LogP contribution in [0.2, 0.25) is 0 Å². The van der Waals surface area contributed by atoms with Crippen molar-refractivity contribution >= 4 is 11.8 Å². The summed E-state index contributed by atoms with van der Waals surface area (Å²) in [4.78, 5) is 28.5. The minimum absolute atomic E-state index is 0.0224. The maximum atomic E-state index is 12.7. The van der Waals surface area contributed by atoms with E-state index in [1.54, 1.807) is 0 Å². The summed E-state index contributed by atoms with van der Waals surface area (Å²) < 4.78 is 11.3. The van der Waals surface area contributed by atoms with Crippen LogP contribution < -0.4 is 4.74 Å². The first kappa shape index (κ1) is 17.3. The van der Waals surface area contributed by atoms with Crippen molar-refractivity contribution in [2.45, 2.75) is 31.8 Å². The Bertz CT molecular complexity index is 642. The Kier molecular flexibility index (Phi) is 5.11. The Morgan fingerprint density at radius 1 is 1.00 bits per heavy atom. The minimum atomic E-state index is 0.0224. The van der Waals surface area contributed by atoms with E-state index in [0.29, 0.717) is 38.3 Å². The van der Waals surface area contributed by atoms with Crippen LogP contribution in [0, 0.1) is 5.92 Å². The number of carbonyl (C=O) groups is 2. The number of rotatable bonds is 5. The van der Waals surface area contributed by atoms with Crippen molar-refractivity contribution in [3.05, 3.63) is 29.8 Å². The van der Waals surface area contributed by atoms with Gasteiger partial charge in [0.1, 0.15) is 12.4 Å². The molecule has 140 valence electrons. The summed E-state index contributed by atoms with van der Waals surface area (Å²) in [5.74, 6) is 1.30. The van der Waals surface area contributed by atoms with Gasteiger partial charge >= 0.3 is 0 Å². The van der Waals surface area contributed by atoms with Gasteiger partial charge in [-0.2, -0.15) is 0 Å². The second kappa shape index (κ2) is 7.66. The molecule has 2 heterocycles. The molecule has 0 bridgehead atoms. The third-order valence-electron chi connectivity index (χ3n) is 5.37. The molecule has 0 N–H and O–H groups in total. The highest BCUT2D eigenvalue weighted by molar-refractivity contribution is 5.94. The average molecular weight is 358 g/mol. The molecule has 1 aromatic carbocycles. The summed E-state index contributed by atoms with van der Waals surface area (Å²) >= 11 is 0. The number of amides is 2. The summed E-state index contributed by atoms with van der Waals surface area (Å²) in [6.07, 6.45) is 4.39. The fourth-order valence-electron chi connectivity index (χ4n) is 3.56. The molecule has 0 spiro atoms. The van der Waals surface area contributed by atoms with Crippen LogP contribution in [-0.4, -0.2) is 67.1 Å². The van der Waals surface area contributed by atoms with E-state index in [0.717, 1.165) is 38.0 Å². The first-order chi connectivity index (χ1) is 12.7. The third kappa shape index (κ3) is 4.01. The van der Waals surface area contributed by atoms with Crippen molar-refractivity contribution in [3.63, 3.8) is 0 Å². The number of hydrogen-bond acceptors (Lipinski definition) is 4. The molecule has 0 unspecified atom stereocenters. The fraction of sp³-hybridized carbons (Fsp3) is 0.600. The molecule has 6 nitrogen and oxygen atoms in total. The van der Waals surface area contributed by atoms with Gasteiger partial charge in [-0.3, -0.25) is 9.59 Å². The maximum absolute atomic E-state index is 12.7. The van der Waals surface area contributed by atoms with Crippen LogP contribution in [0.15, 0.2) is 24.3 Å². The van der Waals surface area contributed by atoms with Crippen molar-refractivity contribution < 1.29 is 19.1 Å². The van der Waals surface area contributed by atoms with E-state index in [9.17, 15) is 9.59 Å². The quantitative estimate of drug-likeness (QED) is 0.807. The average Bonchev–Trinajstić information content (AvgIpc) is 3.41. The van der Waals surface area contributed by atoms with Crippen molar-refractivity contribution in [2.24, 2.45) is 5.92 Å². The Hall–Kier alpha value is -2.08. The number of nitrogens with zero attached hydrogens (tertiary/aromatic N) is 2. The lowest BCUT2D eigenvalue weighted by molar-refractivity contribution is -0.134. The minimum Gasteiger partial charge on any atom is -0.491 e. The molecule has 1 aliphatic carbocycles. The Morgan fingerprint density at radius 2 is 1.69 bits per heavy atom. The summed E-state index contributed by atoms with van der Waals surface area (Å²) in [5, 5.41) is 0. The number of hydrogen-bond donors (Lipinski definition) is 0. The molecule has 2 aliphatic heterocycles. The van der Waals surface area contributed by atoms with Crippen molar-refractivity contribution in [1.82, 2.24) is 9.80 Å². The van der Waals surface area contributed by atoms with E-state index < -0.39 is 0 Å². The third-order valence-corrected chi connectivity index (χ3v) is 5.37. The van der Waals surface area contributed by atoms with Crippen LogP contribution in [0.25, 0.3) is 0 Å². The molecule has 0 radical (unpaired) electrons. The molecular weight excluding hydrogens is 332 g/mol. The SMILES string of the molecule is O=C(c1ccc(OC[C@H]2CCCO2)cc1)N1CCN(C(=O)C2CC2)CC1. The highest BCUT2D eigenvalue weighted by atomic mass is 16.5. The van der Waals surface area contributed by atoms with Gasteiger partial charge in [0.2, 0.25) is 5.91 Å². The van der Waals surface area contributed by atoms with Gasteiger partial charge in [0.05, 0.1) is 6.10 Å². The van der Waals surface area contributed by atoms with Gasteiger partial charge in [-0.25, -0.2) is 0 Å². The van der Waals surface area contributed by atoms with Crippen LogP contribution in [0.4, 0.5) is 0 Å². The molecule has 4 rings (SSSR count). The number of piperazine rings is 1. The lowest BCUT2D eigenvalue weighted by Crippen LogP contribution is -2.51. The predicted molar refractivity (Wildman–Crippen MR) is 96.1 cm³/mol. The standard InChI is InChI=1S/C20H26N2O4/c23-19(15-3-4-15)21-9-11-22(12-10-21)20(24)16-5-7-17(8-6-16)26-14-18-2-1-13-25-18/h5-8,15,18H,1-4,9-14H2/t18-/m1/s1. The second-order valence-electron chi connectivity index (χ2n) is 7.36. The molecule has 1 aromatic rings. The first-order valence-electron chi connectivity index (χ1n) is 9.63. The van der Waals surface area contributed by atoms with Gasteiger partial charge in [-0.1, -0.05) is 0 Å². The van der Waals surface area contributed by atoms with Crippen molar-refractivity contribution in [3.8, 4) is 5.75 Å². The van der Waals surface area contributed by atoms with E-state index in [4.69, 9.17) is 9.47 Å². The Morgan fingerprint density at radius 3 is 2.31 bits per heavy atom. The lowest BCUT2D eigenvalue weighted by Gasteiger charge is -2.35. The van der Waals surface area contributed by atoms with Crippen LogP contribution in [0.1, 0.15) is 36.0 Å². The number of benzene rings is 1. The molecule has 1 saturated carbocycles. The van der Waals surface area contributed by atoms with E-state index in [1.165, 1.54) is 0 Å². The molecule has 3 aliphatic rings. The van der Waals surface area contributed by atoms with E-state index in [2.05, 4.69) is 0 Å². The Balaban J connectivity index is 1.27. The van der Waals surface area contributed by atoms with Gasteiger partial charge in [-0.05, 0) is 49.9 Å². The summed E-state index contributed by atoms with van der Waals surface area (Å²) in [6.45, 7) is 3.88. The lowest BCUT2D eigenvalue weighted by atomic mass is 10.1. The van der Waals surface area contributed by atoms with E-state index >= 15 is 0 Å². The first-order valence-corrected chi connectivity index (χ1v) is 9.63. The molecule has 1 atom stereocenters. The molecule has 2 saturated heterocycles. The summed E-state index contributed by atoms with van der Waals surface area (Å²) in [5.41, 5.74) is 0.663.